The van der Waals surface area contributed by atoms with Gasteiger partial charge in [-0.25, -0.2) is 0 Å². The number of phenolic OH excluding ortho intramolecular Hbond substituents is 1. The van der Waals surface area contributed by atoms with Crippen molar-refractivity contribution in [2.45, 2.75) is 6.54 Å². The lowest BCUT2D eigenvalue weighted by Crippen LogP contribution is -2.28. The first-order valence-electron chi connectivity index (χ1n) is 8.83. The quantitative estimate of drug-likeness (QED) is 0.358. The molecule has 0 spiro atoms. The Hall–Kier alpha value is -3.36. The highest BCUT2D eigenvalue weighted by Gasteiger charge is 2.34. The molecule has 150 valence electrons. The average Bonchev–Trinajstić information content (AvgIpc) is 3.36. The number of furan rings is 1. The first-order valence-corrected chi connectivity index (χ1v) is 10.0. The molecule has 0 aliphatic carbocycles. The second-order valence-electron chi connectivity index (χ2n) is 6.20. The Kier molecular flexibility index (Phi) is 5.97. The summed E-state index contributed by atoms with van der Waals surface area (Å²) in [5, 5.41) is 19.2. The lowest BCUT2D eigenvalue weighted by molar-refractivity contribution is -0.122. The number of amidine groups is 1. The molecule has 0 radical (unpaired) electrons. The van der Waals surface area contributed by atoms with E-state index < -0.39 is 0 Å². The maximum absolute atomic E-state index is 13.0. The van der Waals surface area contributed by atoms with Crippen LogP contribution < -0.4 is 0 Å². The predicted octanol–water partition coefficient (Wildman–Crippen LogP) is 4.54. The van der Waals surface area contributed by atoms with Crippen molar-refractivity contribution in [1.29, 1.82) is 0 Å². The molecule has 1 aromatic carbocycles. The topological polar surface area (TPSA) is 91.3 Å². The van der Waals surface area contributed by atoms with Crippen LogP contribution >= 0.6 is 23.4 Å². The van der Waals surface area contributed by atoms with Gasteiger partial charge in [0, 0.05) is 28.5 Å². The van der Waals surface area contributed by atoms with Gasteiger partial charge in [0.25, 0.3) is 5.91 Å². The monoisotopic (exact) mass is 438 g/mol. The van der Waals surface area contributed by atoms with E-state index in [1.54, 1.807) is 61.3 Å². The Morgan fingerprint density at radius 3 is 2.93 bits per heavy atom. The summed E-state index contributed by atoms with van der Waals surface area (Å²) in [4.78, 5) is 18.9. The van der Waals surface area contributed by atoms with Crippen LogP contribution in [0.5, 0.6) is 5.75 Å². The van der Waals surface area contributed by atoms with Gasteiger partial charge in [0.05, 0.1) is 23.9 Å². The second kappa shape index (κ2) is 8.98. The highest BCUT2D eigenvalue weighted by Crippen LogP contribution is 2.35. The van der Waals surface area contributed by atoms with Gasteiger partial charge in [-0.2, -0.15) is 5.10 Å². The van der Waals surface area contributed by atoms with Gasteiger partial charge in [0.15, 0.2) is 5.17 Å². The maximum Gasteiger partial charge on any atom is 0.267 e. The van der Waals surface area contributed by atoms with E-state index in [9.17, 15) is 9.90 Å². The Balaban J connectivity index is 1.65. The zero-order valence-corrected chi connectivity index (χ0v) is 17.0. The minimum absolute atomic E-state index is 0.0258. The zero-order chi connectivity index (χ0) is 20.9. The molecular formula is C21H15ClN4O3S. The molecule has 9 heteroatoms. The van der Waals surface area contributed by atoms with Crippen molar-refractivity contribution in [1.82, 2.24) is 9.88 Å². The van der Waals surface area contributed by atoms with E-state index in [2.05, 4.69) is 15.2 Å². The molecule has 0 bridgehead atoms. The molecule has 0 atom stereocenters. The van der Waals surface area contributed by atoms with Gasteiger partial charge in [-0.1, -0.05) is 17.7 Å². The van der Waals surface area contributed by atoms with E-state index in [1.165, 1.54) is 11.0 Å². The van der Waals surface area contributed by atoms with Crippen molar-refractivity contribution in [3.8, 4) is 5.75 Å². The van der Waals surface area contributed by atoms with E-state index in [1.807, 2.05) is 6.07 Å². The van der Waals surface area contributed by atoms with Crippen LogP contribution in [-0.2, 0) is 11.3 Å². The number of thioether (sulfide) groups is 1. The smallest absolute Gasteiger partial charge is 0.267 e. The molecule has 7 nitrogen and oxygen atoms in total. The highest BCUT2D eigenvalue weighted by molar-refractivity contribution is 8.18. The van der Waals surface area contributed by atoms with E-state index in [-0.39, 0.29) is 18.2 Å². The summed E-state index contributed by atoms with van der Waals surface area (Å²) in [6.45, 7) is 0.207. The van der Waals surface area contributed by atoms with Gasteiger partial charge < -0.3 is 9.52 Å². The van der Waals surface area contributed by atoms with Crippen LogP contribution in [-0.4, -0.2) is 32.3 Å². The molecule has 1 aliphatic heterocycles. The van der Waals surface area contributed by atoms with Crippen molar-refractivity contribution in [3.05, 3.63) is 87.9 Å². The Morgan fingerprint density at radius 2 is 2.17 bits per heavy atom. The Bertz CT molecular complexity index is 1140. The standard InChI is InChI=1S/C21H15ClN4O3S/c22-16-5-6-18(27)15(9-16)10-19-20(28)26(13-17-4-2-8-29-17)21(30-19)25-24-12-14-3-1-7-23-11-14/h1-12,27H,13H2/b19-10-,24-12+,25-21-. The minimum atomic E-state index is -0.272. The van der Waals surface area contributed by atoms with Gasteiger partial charge >= 0.3 is 0 Å². The molecule has 3 heterocycles. The molecule has 1 N–H and O–H groups in total. The number of benzene rings is 1. The Labute approximate surface area is 181 Å². The molecule has 1 saturated heterocycles. The van der Waals surface area contributed by atoms with Crippen LogP contribution in [0, 0.1) is 0 Å². The van der Waals surface area contributed by atoms with Crippen molar-refractivity contribution in [2.75, 3.05) is 0 Å². The fourth-order valence-corrected chi connectivity index (χ4v) is 3.77. The molecule has 0 unspecified atom stereocenters. The Morgan fingerprint density at radius 1 is 1.27 bits per heavy atom. The van der Waals surface area contributed by atoms with Crippen LogP contribution in [0.1, 0.15) is 16.9 Å². The number of nitrogens with zero attached hydrogens (tertiary/aromatic N) is 4. The predicted molar refractivity (Wildman–Crippen MR) is 117 cm³/mol. The summed E-state index contributed by atoms with van der Waals surface area (Å²) < 4.78 is 5.37. The summed E-state index contributed by atoms with van der Waals surface area (Å²) in [5.74, 6) is 0.365. The number of amides is 1. The summed E-state index contributed by atoms with van der Waals surface area (Å²) in [6.07, 6.45) is 8.01. The van der Waals surface area contributed by atoms with Crippen LogP contribution in [0.15, 0.2) is 80.6 Å². The average molecular weight is 439 g/mol. The lowest BCUT2D eigenvalue weighted by Gasteiger charge is -2.12. The summed E-state index contributed by atoms with van der Waals surface area (Å²) in [5.41, 5.74) is 1.23. The number of hydrogen-bond acceptors (Lipinski definition) is 7. The van der Waals surface area contributed by atoms with Crippen molar-refractivity contribution in [2.24, 2.45) is 10.2 Å². The lowest BCUT2D eigenvalue weighted by atomic mass is 10.2. The van der Waals surface area contributed by atoms with Crippen molar-refractivity contribution in [3.63, 3.8) is 0 Å². The SMILES string of the molecule is O=C1/C(=C/c2cc(Cl)ccc2O)S/C(=N\N=C\c2cccnc2)N1Cc1ccco1. The molecule has 0 saturated carbocycles. The maximum atomic E-state index is 13.0. The number of halogens is 1. The largest absolute Gasteiger partial charge is 0.507 e. The number of phenols is 1. The third-order valence-corrected chi connectivity index (χ3v) is 5.32. The van der Waals surface area contributed by atoms with Gasteiger partial charge in [-0.3, -0.25) is 14.7 Å². The number of carbonyl (C=O) groups excluding carboxylic acids is 1. The van der Waals surface area contributed by atoms with Gasteiger partial charge in [0.2, 0.25) is 0 Å². The molecule has 3 aromatic rings. The van der Waals surface area contributed by atoms with E-state index >= 15 is 0 Å². The van der Waals surface area contributed by atoms with Crippen LogP contribution in [0.2, 0.25) is 5.02 Å². The minimum Gasteiger partial charge on any atom is -0.507 e. The van der Waals surface area contributed by atoms with Gasteiger partial charge in [0.1, 0.15) is 11.5 Å². The number of carbonyl (C=O) groups is 1. The number of aromatic nitrogens is 1. The van der Waals surface area contributed by atoms with Crippen LogP contribution in [0.3, 0.4) is 0 Å². The van der Waals surface area contributed by atoms with Crippen molar-refractivity contribution >= 4 is 46.7 Å². The number of pyridine rings is 1. The summed E-state index contributed by atoms with van der Waals surface area (Å²) >= 11 is 7.17. The van der Waals surface area contributed by atoms with Gasteiger partial charge in [-0.15, -0.1) is 5.10 Å². The first kappa shape index (κ1) is 19.9. The van der Waals surface area contributed by atoms with Gasteiger partial charge in [-0.05, 0) is 54.2 Å². The van der Waals surface area contributed by atoms with Crippen LogP contribution in [0.4, 0.5) is 0 Å². The molecule has 2 aromatic heterocycles. The van der Waals surface area contributed by atoms with E-state index in [0.717, 1.165) is 17.3 Å². The molecule has 4 rings (SSSR count). The summed E-state index contributed by atoms with van der Waals surface area (Å²) in [7, 11) is 0. The molecule has 30 heavy (non-hydrogen) atoms. The molecule has 1 fully saturated rings. The molecular weight excluding hydrogens is 424 g/mol. The van der Waals surface area contributed by atoms with Crippen LogP contribution in [0.25, 0.3) is 6.08 Å². The fourth-order valence-electron chi connectivity index (χ4n) is 2.66. The zero-order valence-electron chi connectivity index (χ0n) is 15.5. The number of aromatic hydroxyl groups is 1. The number of hydrogen-bond donors (Lipinski definition) is 1. The van der Waals surface area contributed by atoms with E-state index in [0.29, 0.717) is 26.4 Å². The normalized spacial score (nSPS) is 17.0. The fraction of sp³-hybridized carbons (Fsp3) is 0.0476. The molecule has 1 aliphatic rings. The third kappa shape index (κ3) is 4.61. The second-order valence-corrected chi connectivity index (χ2v) is 7.64. The summed E-state index contributed by atoms with van der Waals surface area (Å²) in [6, 6.07) is 11.8. The third-order valence-electron chi connectivity index (χ3n) is 4.09. The number of rotatable bonds is 5. The molecule has 1 amide bonds. The van der Waals surface area contributed by atoms with Crippen molar-refractivity contribution < 1.29 is 14.3 Å². The first-order chi connectivity index (χ1) is 14.6. The highest BCUT2D eigenvalue weighted by atomic mass is 35.5. The van der Waals surface area contributed by atoms with E-state index in [4.69, 9.17) is 16.0 Å².